The number of carbonyl (C=O) groups is 1. The summed E-state index contributed by atoms with van der Waals surface area (Å²) in [5.74, 6) is 0.281. The van der Waals surface area contributed by atoms with Crippen LogP contribution >= 0.6 is 0 Å². The summed E-state index contributed by atoms with van der Waals surface area (Å²) in [4.78, 5) is 11.4. The van der Waals surface area contributed by atoms with Gasteiger partial charge in [-0.05, 0) is 11.8 Å². The Morgan fingerprint density at radius 1 is 1.43 bits per heavy atom. The van der Waals surface area contributed by atoms with Gasteiger partial charge in [0.1, 0.15) is 5.78 Å². The van der Waals surface area contributed by atoms with Crippen LogP contribution < -0.4 is 0 Å². The molecule has 1 aliphatic rings. The molecule has 1 fully saturated rings. The fraction of sp³-hybridized carbons (Fsp3) is 0.909. The number of hydrogen-bond donors (Lipinski definition) is 0. The zero-order valence-electron chi connectivity index (χ0n) is 9.50. The average molecular weight is 216 g/mol. The summed E-state index contributed by atoms with van der Waals surface area (Å²) in [7, 11) is -0.869. The van der Waals surface area contributed by atoms with E-state index in [0.29, 0.717) is 12.8 Å². The van der Waals surface area contributed by atoms with Crippen molar-refractivity contribution in [2.75, 3.05) is 0 Å². The van der Waals surface area contributed by atoms with Crippen LogP contribution in [-0.2, 0) is 15.6 Å². The molecule has 0 radical (unpaired) electrons. The SMILES string of the molecule is CC(C)S(=O)C1CC(=O)CCC1(C)C. The van der Waals surface area contributed by atoms with Gasteiger partial charge in [0.05, 0.1) is 0 Å². The number of Topliss-reactive ketones (excluding diaryl/α,β-unsaturated/α-hetero) is 1. The highest BCUT2D eigenvalue weighted by Crippen LogP contribution is 2.38. The second-order valence-electron chi connectivity index (χ2n) is 5.10. The van der Waals surface area contributed by atoms with E-state index in [1.165, 1.54) is 0 Å². The van der Waals surface area contributed by atoms with E-state index in [4.69, 9.17) is 0 Å². The highest BCUT2D eigenvalue weighted by Gasteiger charge is 2.39. The van der Waals surface area contributed by atoms with E-state index in [0.717, 1.165) is 6.42 Å². The van der Waals surface area contributed by atoms with Gasteiger partial charge in [-0.15, -0.1) is 0 Å². The molecule has 0 saturated heterocycles. The molecule has 0 heterocycles. The zero-order chi connectivity index (χ0) is 10.9. The van der Waals surface area contributed by atoms with Crippen molar-refractivity contribution in [2.24, 2.45) is 5.41 Å². The van der Waals surface area contributed by atoms with Crippen molar-refractivity contribution in [3.63, 3.8) is 0 Å². The van der Waals surface area contributed by atoms with E-state index in [1.807, 2.05) is 13.8 Å². The molecule has 0 spiro atoms. The van der Waals surface area contributed by atoms with Crippen LogP contribution in [-0.4, -0.2) is 20.5 Å². The van der Waals surface area contributed by atoms with Crippen molar-refractivity contribution in [1.82, 2.24) is 0 Å². The van der Waals surface area contributed by atoms with Crippen LogP contribution in [0.1, 0.15) is 47.0 Å². The highest BCUT2D eigenvalue weighted by molar-refractivity contribution is 7.86. The maximum atomic E-state index is 12.0. The Balaban J connectivity index is 2.82. The smallest absolute Gasteiger partial charge is 0.134 e. The van der Waals surface area contributed by atoms with Gasteiger partial charge >= 0.3 is 0 Å². The van der Waals surface area contributed by atoms with Crippen molar-refractivity contribution in [3.05, 3.63) is 0 Å². The first-order chi connectivity index (χ1) is 6.34. The number of carbonyl (C=O) groups excluding carboxylic acids is 1. The van der Waals surface area contributed by atoms with Crippen LogP contribution in [0.4, 0.5) is 0 Å². The lowest BCUT2D eigenvalue weighted by Crippen LogP contribution is -2.41. The second-order valence-corrected chi connectivity index (χ2v) is 7.27. The van der Waals surface area contributed by atoms with Gasteiger partial charge in [0.2, 0.25) is 0 Å². The lowest BCUT2D eigenvalue weighted by molar-refractivity contribution is -0.121. The lowest BCUT2D eigenvalue weighted by atomic mass is 9.76. The van der Waals surface area contributed by atoms with E-state index in [-0.39, 0.29) is 21.7 Å². The topological polar surface area (TPSA) is 34.1 Å². The Morgan fingerprint density at radius 2 is 2.00 bits per heavy atom. The summed E-state index contributed by atoms with van der Waals surface area (Å²) in [5.41, 5.74) is 0.0586. The normalized spacial score (nSPS) is 29.2. The minimum Gasteiger partial charge on any atom is -0.300 e. The van der Waals surface area contributed by atoms with E-state index in [1.54, 1.807) is 0 Å². The summed E-state index contributed by atoms with van der Waals surface area (Å²) < 4.78 is 12.0. The van der Waals surface area contributed by atoms with Gasteiger partial charge in [-0.2, -0.15) is 0 Å². The molecule has 0 bridgehead atoms. The molecule has 2 nitrogen and oxygen atoms in total. The molecule has 1 saturated carbocycles. The summed E-state index contributed by atoms with van der Waals surface area (Å²) in [6.45, 7) is 8.19. The molecule has 2 unspecified atom stereocenters. The van der Waals surface area contributed by atoms with Gasteiger partial charge in [0.15, 0.2) is 0 Å². The van der Waals surface area contributed by atoms with Crippen LogP contribution in [0.3, 0.4) is 0 Å². The maximum absolute atomic E-state index is 12.0. The molecule has 0 amide bonds. The van der Waals surface area contributed by atoms with Crippen LogP contribution in [0.25, 0.3) is 0 Å². The van der Waals surface area contributed by atoms with E-state index >= 15 is 0 Å². The number of rotatable bonds is 2. The van der Waals surface area contributed by atoms with Gasteiger partial charge in [-0.3, -0.25) is 9.00 Å². The van der Waals surface area contributed by atoms with Gasteiger partial charge in [-0.25, -0.2) is 0 Å². The fourth-order valence-electron chi connectivity index (χ4n) is 1.93. The molecule has 1 rings (SSSR count). The van der Waals surface area contributed by atoms with Gasteiger partial charge in [0.25, 0.3) is 0 Å². The third-order valence-corrected chi connectivity index (χ3v) is 5.37. The highest BCUT2D eigenvalue weighted by atomic mass is 32.2. The first kappa shape index (κ1) is 11.9. The quantitative estimate of drug-likeness (QED) is 0.709. The largest absolute Gasteiger partial charge is 0.300 e. The van der Waals surface area contributed by atoms with Crippen molar-refractivity contribution in [2.45, 2.75) is 57.5 Å². The second kappa shape index (κ2) is 4.13. The van der Waals surface area contributed by atoms with Crippen LogP contribution in [0, 0.1) is 5.41 Å². The molecule has 82 valence electrons. The van der Waals surface area contributed by atoms with Crippen LogP contribution in [0.15, 0.2) is 0 Å². The standard InChI is InChI=1S/C11H20O2S/c1-8(2)14(13)10-7-9(12)5-6-11(10,3)4/h8,10H,5-7H2,1-4H3. The monoisotopic (exact) mass is 216 g/mol. The molecule has 0 aromatic rings. The van der Waals surface area contributed by atoms with E-state index < -0.39 is 10.8 Å². The molecule has 0 aliphatic heterocycles. The summed E-state index contributed by atoms with van der Waals surface area (Å²) in [5, 5.41) is 0.217. The van der Waals surface area contributed by atoms with Gasteiger partial charge in [-0.1, -0.05) is 27.7 Å². The Morgan fingerprint density at radius 3 is 2.50 bits per heavy atom. The van der Waals surface area contributed by atoms with Gasteiger partial charge < -0.3 is 0 Å². The summed E-state index contributed by atoms with van der Waals surface area (Å²) in [6, 6.07) is 0. The molecule has 3 heteroatoms. The third-order valence-electron chi connectivity index (χ3n) is 3.08. The predicted molar refractivity (Wildman–Crippen MR) is 59.7 cm³/mol. The molecular formula is C11H20O2S. The van der Waals surface area contributed by atoms with Crippen LogP contribution in [0.2, 0.25) is 0 Å². The minimum atomic E-state index is -0.869. The Bertz CT molecular complexity index is 256. The van der Waals surface area contributed by atoms with Crippen LogP contribution in [0.5, 0.6) is 0 Å². The van der Waals surface area contributed by atoms with E-state index in [2.05, 4.69) is 13.8 Å². The molecule has 14 heavy (non-hydrogen) atoms. The fourth-order valence-corrected chi connectivity index (χ4v) is 3.69. The minimum absolute atomic E-state index is 0.0586. The Kier molecular flexibility index (Phi) is 3.51. The van der Waals surface area contributed by atoms with Crippen molar-refractivity contribution < 1.29 is 9.00 Å². The molecule has 0 aromatic heterocycles. The first-order valence-corrected chi connectivity index (χ1v) is 6.53. The maximum Gasteiger partial charge on any atom is 0.134 e. The molecule has 0 N–H and O–H groups in total. The number of hydrogen-bond acceptors (Lipinski definition) is 2. The molecule has 0 aromatic carbocycles. The Hall–Kier alpha value is -0.180. The lowest BCUT2D eigenvalue weighted by Gasteiger charge is -2.37. The van der Waals surface area contributed by atoms with Crippen molar-refractivity contribution in [1.29, 1.82) is 0 Å². The summed E-state index contributed by atoms with van der Waals surface area (Å²) in [6.07, 6.45) is 2.06. The molecular weight excluding hydrogens is 196 g/mol. The van der Waals surface area contributed by atoms with Gasteiger partial charge in [0, 0.05) is 34.1 Å². The predicted octanol–water partition coefficient (Wildman–Crippen LogP) is 2.29. The summed E-state index contributed by atoms with van der Waals surface area (Å²) >= 11 is 0. The van der Waals surface area contributed by atoms with E-state index in [9.17, 15) is 9.00 Å². The first-order valence-electron chi connectivity index (χ1n) is 5.25. The third kappa shape index (κ3) is 2.44. The Labute approximate surface area is 88.9 Å². The molecule has 1 aliphatic carbocycles. The number of ketones is 1. The zero-order valence-corrected chi connectivity index (χ0v) is 10.3. The molecule has 2 atom stereocenters. The van der Waals surface area contributed by atoms with Crippen molar-refractivity contribution in [3.8, 4) is 0 Å². The average Bonchev–Trinajstić information content (AvgIpc) is 2.08. The van der Waals surface area contributed by atoms with Crippen molar-refractivity contribution >= 4 is 16.6 Å².